The van der Waals surface area contributed by atoms with Gasteiger partial charge in [0, 0.05) is 5.41 Å². The van der Waals surface area contributed by atoms with Gasteiger partial charge in [0.1, 0.15) is 0 Å². The molecule has 0 aromatic rings. The van der Waals surface area contributed by atoms with Crippen LogP contribution >= 0.6 is 0 Å². The van der Waals surface area contributed by atoms with E-state index in [0.717, 1.165) is 0 Å². The highest BCUT2D eigenvalue weighted by atomic mass is 14.3. The Kier molecular flexibility index (Phi) is 4.86. The lowest BCUT2D eigenvalue weighted by Gasteiger charge is -2.33. The van der Waals surface area contributed by atoms with E-state index in [9.17, 15) is 0 Å². The Hall–Kier alpha value is -0.520. The van der Waals surface area contributed by atoms with Crippen LogP contribution in [0.5, 0.6) is 0 Å². The fourth-order valence-corrected chi connectivity index (χ4v) is 2.43. The summed E-state index contributed by atoms with van der Waals surface area (Å²) in [5, 5.41) is 0. The van der Waals surface area contributed by atoms with Crippen LogP contribution in [-0.2, 0) is 0 Å². The van der Waals surface area contributed by atoms with Crippen molar-refractivity contribution in [3.63, 3.8) is 0 Å². The van der Waals surface area contributed by atoms with Crippen molar-refractivity contribution in [3.05, 3.63) is 24.3 Å². The summed E-state index contributed by atoms with van der Waals surface area (Å²) in [4.78, 5) is 0. The second-order valence-corrected chi connectivity index (χ2v) is 8.19. The van der Waals surface area contributed by atoms with Gasteiger partial charge in [-0.1, -0.05) is 85.1 Å². The van der Waals surface area contributed by atoms with Crippen LogP contribution in [0.25, 0.3) is 0 Å². The van der Waals surface area contributed by atoms with E-state index in [1.54, 1.807) is 0 Å². The predicted molar refractivity (Wildman–Crippen MR) is 82.7 cm³/mol. The van der Waals surface area contributed by atoms with Crippen molar-refractivity contribution < 1.29 is 0 Å². The first-order valence-corrected chi connectivity index (χ1v) is 7.53. The largest absolute Gasteiger partial charge is 0.0823 e. The van der Waals surface area contributed by atoms with Gasteiger partial charge in [0.25, 0.3) is 0 Å². The molecule has 1 fully saturated rings. The highest BCUT2D eigenvalue weighted by Gasteiger charge is 2.27. The zero-order valence-electron chi connectivity index (χ0n) is 13.3. The molecule has 104 valence electrons. The number of hydrogen-bond donors (Lipinski definition) is 0. The Morgan fingerprint density at radius 2 is 1.06 bits per heavy atom. The number of rotatable bonds is 2. The van der Waals surface area contributed by atoms with Crippen LogP contribution in [-0.4, -0.2) is 0 Å². The van der Waals surface area contributed by atoms with E-state index < -0.39 is 0 Å². The van der Waals surface area contributed by atoms with Crippen molar-refractivity contribution in [1.29, 1.82) is 0 Å². The average molecular weight is 248 g/mol. The van der Waals surface area contributed by atoms with Crippen LogP contribution < -0.4 is 0 Å². The highest BCUT2D eigenvalue weighted by molar-refractivity contribution is 5.15. The van der Waals surface area contributed by atoms with Gasteiger partial charge < -0.3 is 0 Å². The van der Waals surface area contributed by atoms with E-state index in [4.69, 9.17) is 0 Å². The van der Waals surface area contributed by atoms with Gasteiger partial charge in [-0.3, -0.25) is 0 Å². The van der Waals surface area contributed by atoms with Gasteiger partial charge in [-0.05, 0) is 23.7 Å². The van der Waals surface area contributed by atoms with Crippen LogP contribution in [0.1, 0.15) is 73.6 Å². The molecule has 0 aromatic heterocycles. The fraction of sp³-hybridized carbons (Fsp3) is 0.778. The summed E-state index contributed by atoms with van der Waals surface area (Å²) in [5.74, 6) is 0. The smallest absolute Gasteiger partial charge is 0.00613 e. The maximum absolute atomic E-state index is 2.49. The standard InChI is InChI=1S/C18H32/c1-16(2,3)12-14-18(10-8-7-9-11-18)15-13-17(4,5)6/h12-15H,7-11H2,1-6H3. The summed E-state index contributed by atoms with van der Waals surface area (Å²) in [7, 11) is 0. The molecule has 1 aliphatic rings. The first kappa shape index (κ1) is 15.5. The van der Waals surface area contributed by atoms with Gasteiger partial charge in [-0.2, -0.15) is 0 Å². The third kappa shape index (κ3) is 5.89. The molecule has 0 saturated heterocycles. The number of hydrogen-bond acceptors (Lipinski definition) is 0. The Morgan fingerprint density at radius 1 is 0.667 bits per heavy atom. The molecule has 1 saturated carbocycles. The van der Waals surface area contributed by atoms with Crippen LogP contribution in [0.15, 0.2) is 24.3 Å². The molecule has 0 aliphatic heterocycles. The molecule has 0 unspecified atom stereocenters. The van der Waals surface area contributed by atoms with Crippen LogP contribution in [0, 0.1) is 16.2 Å². The van der Waals surface area contributed by atoms with Crippen LogP contribution in [0.4, 0.5) is 0 Å². The van der Waals surface area contributed by atoms with Gasteiger partial charge in [-0.15, -0.1) is 0 Å². The quantitative estimate of drug-likeness (QED) is 0.515. The van der Waals surface area contributed by atoms with Gasteiger partial charge in [-0.25, -0.2) is 0 Å². The van der Waals surface area contributed by atoms with E-state index >= 15 is 0 Å². The summed E-state index contributed by atoms with van der Waals surface area (Å²) >= 11 is 0. The molecule has 1 aliphatic carbocycles. The minimum Gasteiger partial charge on any atom is -0.0823 e. The fourth-order valence-electron chi connectivity index (χ4n) is 2.43. The van der Waals surface area contributed by atoms with Crippen molar-refractivity contribution in [2.45, 2.75) is 73.6 Å². The van der Waals surface area contributed by atoms with Crippen molar-refractivity contribution in [2.75, 3.05) is 0 Å². The van der Waals surface area contributed by atoms with Crippen LogP contribution in [0.2, 0.25) is 0 Å². The summed E-state index contributed by atoms with van der Waals surface area (Å²) in [5.41, 5.74) is 0.916. The Bertz CT molecular complexity index is 272. The molecule has 0 atom stereocenters. The van der Waals surface area contributed by atoms with E-state index in [1.807, 2.05) is 0 Å². The van der Waals surface area contributed by atoms with Crippen molar-refractivity contribution in [3.8, 4) is 0 Å². The normalized spacial score (nSPS) is 21.9. The van der Waals surface area contributed by atoms with Crippen molar-refractivity contribution in [1.82, 2.24) is 0 Å². The van der Waals surface area contributed by atoms with E-state index in [2.05, 4.69) is 65.8 Å². The molecule has 0 nitrogen and oxygen atoms in total. The molecule has 1 rings (SSSR count). The monoisotopic (exact) mass is 248 g/mol. The van der Waals surface area contributed by atoms with Crippen LogP contribution in [0.3, 0.4) is 0 Å². The number of allylic oxidation sites excluding steroid dienone is 4. The molecule has 0 heterocycles. The SMILES string of the molecule is CC(C)(C)C=CC1(C=CC(C)(C)C)CCCCC1. The average Bonchev–Trinajstić information content (AvgIpc) is 2.24. The molecule has 0 spiro atoms. The van der Waals surface area contributed by atoms with E-state index in [1.165, 1.54) is 32.1 Å². The second kappa shape index (κ2) is 5.63. The zero-order chi connectivity index (χ0) is 13.9. The molecule has 0 bridgehead atoms. The van der Waals surface area contributed by atoms with Gasteiger partial charge >= 0.3 is 0 Å². The molecule has 0 heteroatoms. The first-order chi connectivity index (χ1) is 8.12. The maximum atomic E-state index is 2.49. The second-order valence-electron chi connectivity index (χ2n) is 8.19. The lowest BCUT2D eigenvalue weighted by atomic mass is 9.71. The lowest BCUT2D eigenvalue weighted by Crippen LogP contribution is -2.20. The summed E-state index contributed by atoms with van der Waals surface area (Å²) in [6, 6.07) is 0. The van der Waals surface area contributed by atoms with Crippen molar-refractivity contribution in [2.24, 2.45) is 16.2 Å². The third-order valence-corrected chi connectivity index (χ3v) is 3.61. The van der Waals surface area contributed by atoms with E-state index in [0.29, 0.717) is 16.2 Å². The van der Waals surface area contributed by atoms with Gasteiger partial charge in [0.15, 0.2) is 0 Å². The maximum Gasteiger partial charge on any atom is 0.00613 e. The molecule has 0 N–H and O–H groups in total. The summed E-state index contributed by atoms with van der Waals surface area (Å²) in [6.07, 6.45) is 16.6. The summed E-state index contributed by atoms with van der Waals surface area (Å²) < 4.78 is 0. The Labute approximate surface area is 115 Å². The summed E-state index contributed by atoms with van der Waals surface area (Å²) in [6.45, 7) is 13.7. The Morgan fingerprint density at radius 3 is 1.39 bits per heavy atom. The first-order valence-electron chi connectivity index (χ1n) is 7.53. The minimum atomic E-state index is 0.292. The predicted octanol–water partition coefficient (Wildman–Crippen LogP) is 6.14. The molecule has 0 aromatic carbocycles. The minimum absolute atomic E-state index is 0.292. The molecule has 0 radical (unpaired) electrons. The van der Waals surface area contributed by atoms with E-state index in [-0.39, 0.29) is 0 Å². The molecule has 18 heavy (non-hydrogen) atoms. The highest BCUT2D eigenvalue weighted by Crippen LogP contribution is 2.40. The zero-order valence-corrected chi connectivity index (χ0v) is 13.3. The Balaban J connectivity index is 2.89. The topological polar surface area (TPSA) is 0 Å². The van der Waals surface area contributed by atoms with Gasteiger partial charge in [0.05, 0.1) is 0 Å². The van der Waals surface area contributed by atoms with Crippen molar-refractivity contribution >= 4 is 0 Å². The molecular formula is C18H32. The molecule has 0 amide bonds. The lowest BCUT2D eigenvalue weighted by molar-refractivity contribution is 0.319. The third-order valence-electron chi connectivity index (χ3n) is 3.61. The van der Waals surface area contributed by atoms with Gasteiger partial charge in [0.2, 0.25) is 0 Å². The molecular weight excluding hydrogens is 216 g/mol.